The number of alkyl halides is 2. The molecule has 0 aliphatic carbocycles. The fraction of sp³-hybridized carbons (Fsp3) is 0.167. The molecule has 12 heavy (non-hydrogen) atoms. The highest BCUT2D eigenvalue weighted by Gasteiger charge is 2.16. The average molecular weight is 198 g/mol. The molecule has 0 unspecified atom stereocenters. The molecule has 0 radical (unpaired) electrons. The van der Waals surface area contributed by atoms with E-state index in [1.807, 2.05) is 4.98 Å². The Hall–Kier alpha value is -0.970. The second kappa shape index (κ2) is 3.18. The van der Waals surface area contributed by atoms with Crippen molar-refractivity contribution in [3.63, 3.8) is 0 Å². The van der Waals surface area contributed by atoms with Crippen molar-refractivity contribution in [2.75, 3.05) is 0 Å². The molecule has 0 bridgehead atoms. The highest BCUT2D eigenvalue weighted by Crippen LogP contribution is 2.18. The molecule has 66 valence electrons. The van der Waals surface area contributed by atoms with Crippen LogP contribution in [0.15, 0.2) is 10.9 Å². The lowest BCUT2D eigenvalue weighted by atomic mass is 10.3. The Balaban J connectivity index is 3.38. The van der Waals surface area contributed by atoms with Crippen LogP contribution in [0.3, 0.4) is 0 Å². The van der Waals surface area contributed by atoms with Gasteiger partial charge in [0.2, 0.25) is 5.43 Å². The van der Waals surface area contributed by atoms with Crippen molar-refractivity contribution in [3.05, 3.63) is 33.0 Å². The molecule has 1 aromatic rings. The Kier molecular flexibility index (Phi) is 2.42. The molecule has 2 nitrogen and oxygen atoms in total. The van der Waals surface area contributed by atoms with E-state index in [-0.39, 0.29) is 5.15 Å². The van der Waals surface area contributed by atoms with Gasteiger partial charge in [-0.05, 0) is 0 Å². The fourth-order valence-corrected chi connectivity index (χ4v) is 0.882. The number of aromatic amines is 1. The van der Waals surface area contributed by atoms with Crippen molar-refractivity contribution >= 4 is 11.6 Å². The summed E-state index contributed by atoms with van der Waals surface area (Å²) in [5.41, 5.74) is -2.22. The van der Waals surface area contributed by atoms with Gasteiger partial charge in [-0.1, -0.05) is 11.6 Å². The SMILES string of the molecule is O=c1cc(Cl)[nH]c(C(F)F)c1F. The first-order valence-electron chi connectivity index (χ1n) is 2.88. The molecule has 1 aromatic heterocycles. The first kappa shape index (κ1) is 9.12. The van der Waals surface area contributed by atoms with Crippen LogP contribution in [-0.2, 0) is 0 Å². The number of nitrogens with one attached hydrogen (secondary N) is 1. The van der Waals surface area contributed by atoms with E-state index in [4.69, 9.17) is 11.6 Å². The van der Waals surface area contributed by atoms with Gasteiger partial charge in [0.15, 0.2) is 5.82 Å². The summed E-state index contributed by atoms with van der Waals surface area (Å²) in [6.45, 7) is 0. The molecule has 0 saturated heterocycles. The molecule has 1 heterocycles. The summed E-state index contributed by atoms with van der Waals surface area (Å²) >= 11 is 5.21. The Labute approximate surface area is 70.0 Å². The minimum atomic E-state index is -3.07. The van der Waals surface area contributed by atoms with Gasteiger partial charge in [0.05, 0.1) is 0 Å². The van der Waals surface area contributed by atoms with Crippen LogP contribution in [0.25, 0.3) is 0 Å². The number of pyridine rings is 1. The summed E-state index contributed by atoms with van der Waals surface area (Å²) in [4.78, 5) is 12.4. The average Bonchev–Trinajstić information content (AvgIpc) is 1.96. The summed E-state index contributed by atoms with van der Waals surface area (Å²) in [5.74, 6) is -1.49. The van der Waals surface area contributed by atoms with E-state index in [2.05, 4.69) is 0 Å². The van der Waals surface area contributed by atoms with Gasteiger partial charge in [-0.15, -0.1) is 0 Å². The van der Waals surface area contributed by atoms with Crippen molar-refractivity contribution in [3.8, 4) is 0 Å². The van der Waals surface area contributed by atoms with Gasteiger partial charge in [0.25, 0.3) is 6.43 Å². The van der Waals surface area contributed by atoms with Gasteiger partial charge in [0, 0.05) is 6.07 Å². The van der Waals surface area contributed by atoms with E-state index in [9.17, 15) is 18.0 Å². The Bertz CT molecular complexity index is 349. The zero-order valence-electron chi connectivity index (χ0n) is 5.57. The van der Waals surface area contributed by atoms with Crippen molar-refractivity contribution < 1.29 is 13.2 Å². The predicted octanol–water partition coefficient (Wildman–Crippen LogP) is 2.10. The summed E-state index contributed by atoms with van der Waals surface area (Å²) < 4.78 is 36.4. The normalized spacial score (nSPS) is 10.8. The van der Waals surface area contributed by atoms with E-state index in [0.29, 0.717) is 6.07 Å². The first-order chi connectivity index (χ1) is 5.52. The molecular weight excluding hydrogens is 195 g/mol. The number of rotatable bonds is 1. The van der Waals surface area contributed by atoms with Crippen molar-refractivity contribution in [1.82, 2.24) is 4.98 Å². The number of halogens is 4. The zero-order valence-corrected chi connectivity index (χ0v) is 6.33. The predicted molar refractivity (Wildman–Crippen MR) is 37.0 cm³/mol. The second-order valence-electron chi connectivity index (χ2n) is 2.01. The van der Waals surface area contributed by atoms with Gasteiger partial charge in [0.1, 0.15) is 10.8 Å². The van der Waals surface area contributed by atoms with Crippen molar-refractivity contribution in [2.24, 2.45) is 0 Å². The second-order valence-corrected chi connectivity index (χ2v) is 2.42. The van der Waals surface area contributed by atoms with Crippen LogP contribution in [0.1, 0.15) is 12.1 Å². The van der Waals surface area contributed by atoms with Crippen LogP contribution in [-0.4, -0.2) is 4.98 Å². The van der Waals surface area contributed by atoms with Crippen molar-refractivity contribution in [1.29, 1.82) is 0 Å². The minimum Gasteiger partial charge on any atom is -0.342 e. The molecule has 0 atom stereocenters. The third-order valence-electron chi connectivity index (χ3n) is 1.18. The van der Waals surface area contributed by atoms with Gasteiger partial charge in [-0.25, -0.2) is 13.2 Å². The van der Waals surface area contributed by atoms with Crippen LogP contribution in [0, 0.1) is 5.82 Å². The molecular formula is C6H3ClF3NO. The van der Waals surface area contributed by atoms with E-state index in [0.717, 1.165) is 0 Å². The first-order valence-corrected chi connectivity index (χ1v) is 3.26. The van der Waals surface area contributed by atoms with Gasteiger partial charge in [-0.2, -0.15) is 0 Å². The van der Waals surface area contributed by atoms with Gasteiger partial charge in [-0.3, -0.25) is 4.79 Å². The van der Waals surface area contributed by atoms with Gasteiger partial charge < -0.3 is 4.98 Å². The standard InChI is InChI=1S/C6H3ClF3NO/c7-3-1-2(12)4(8)5(11-3)6(9)10/h1,6H,(H,11,12). The molecule has 0 aromatic carbocycles. The summed E-state index contributed by atoms with van der Waals surface area (Å²) in [7, 11) is 0. The van der Waals surface area contributed by atoms with E-state index in [1.54, 1.807) is 0 Å². The Morgan fingerprint density at radius 3 is 2.58 bits per heavy atom. The highest BCUT2D eigenvalue weighted by atomic mass is 35.5. The smallest absolute Gasteiger partial charge is 0.281 e. The summed E-state index contributed by atoms with van der Waals surface area (Å²) in [5, 5.41) is -0.309. The molecule has 1 rings (SSSR count). The minimum absolute atomic E-state index is 0.309. The molecule has 0 aliphatic rings. The molecule has 6 heteroatoms. The number of hydrogen-bond acceptors (Lipinski definition) is 1. The maximum absolute atomic E-state index is 12.6. The quantitative estimate of drug-likeness (QED) is 0.687. The maximum Gasteiger partial charge on any atom is 0.281 e. The lowest BCUT2D eigenvalue weighted by Gasteiger charge is -2.00. The molecule has 0 spiro atoms. The van der Waals surface area contributed by atoms with E-state index >= 15 is 0 Å². The van der Waals surface area contributed by atoms with Crippen LogP contribution in [0.5, 0.6) is 0 Å². The lowest BCUT2D eigenvalue weighted by molar-refractivity contribution is 0.140. The fourth-order valence-electron chi connectivity index (χ4n) is 0.681. The summed E-state index contributed by atoms with van der Waals surface area (Å²) in [6, 6.07) is 0.697. The summed E-state index contributed by atoms with van der Waals surface area (Å²) in [6.07, 6.45) is -3.07. The lowest BCUT2D eigenvalue weighted by Crippen LogP contribution is -2.11. The third-order valence-corrected chi connectivity index (χ3v) is 1.39. The molecule has 0 aliphatic heterocycles. The van der Waals surface area contributed by atoms with Crippen LogP contribution < -0.4 is 5.43 Å². The molecule has 0 amide bonds. The highest BCUT2D eigenvalue weighted by molar-refractivity contribution is 6.29. The molecule has 0 saturated carbocycles. The molecule has 1 N–H and O–H groups in total. The van der Waals surface area contributed by atoms with E-state index < -0.39 is 23.4 Å². The number of H-pyrrole nitrogens is 1. The monoisotopic (exact) mass is 197 g/mol. The maximum atomic E-state index is 12.6. The van der Waals surface area contributed by atoms with Gasteiger partial charge >= 0.3 is 0 Å². The van der Waals surface area contributed by atoms with Crippen LogP contribution in [0.4, 0.5) is 13.2 Å². The number of aromatic nitrogens is 1. The van der Waals surface area contributed by atoms with E-state index in [1.165, 1.54) is 0 Å². The zero-order chi connectivity index (χ0) is 9.30. The number of hydrogen-bond donors (Lipinski definition) is 1. The topological polar surface area (TPSA) is 32.9 Å². The third kappa shape index (κ3) is 1.61. The molecule has 0 fully saturated rings. The van der Waals surface area contributed by atoms with Crippen LogP contribution >= 0.6 is 11.6 Å². The van der Waals surface area contributed by atoms with Crippen LogP contribution in [0.2, 0.25) is 5.15 Å². The van der Waals surface area contributed by atoms with Crippen molar-refractivity contribution in [2.45, 2.75) is 6.43 Å². The largest absolute Gasteiger partial charge is 0.342 e. The Morgan fingerprint density at radius 2 is 2.08 bits per heavy atom. The Morgan fingerprint density at radius 1 is 1.50 bits per heavy atom.